The number of carbonyl (C=O) groups excluding carboxylic acids is 1. The Morgan fingerprint density at radius 1 is 1.00 bits per heavy atom. The van der Waals surface area contributed by atoms with Gasteiger partial charge in [-0.3, -0.25) is 9.36 Å². The van der Waals surface area contributed by atoms with Crippen LogP contribution in [0.25, 0.3) is 5.69 Å². The molecule has 0 amide bonds. The van der Waals surface area contributed by atoms with Crippen molar-refractivity contribution in [2.24, 2.45) is 0 Å². The summed E-state index contributed by atoms with van der Waals surface area (Å²) in [4.78, 5) is 14.4. The highest BCUT2D eigenvalue weighted by atomic mass is 32.2. The highest BCUT2D eigenvalue weighted by Gasteiger charge is 2.22. The van der Waals surface area contributed by atoms with E-state index in [9.17, 15) is 4.79 Å². The number of nitrogens with one attached hydrogen (secondary N) is 1. The molecular formula is C23H25N4O3S+. The number of likely N-dealkylation sites (tertiary alicyclic amines) is 1. The van der Waals surface area contributed by atoms with Gasteiger partial charge in [0, 0.05) is 11.3 Å². The molecule has 2 aliphatic rings. The van der Waals surface area contributed by atoms with Crippen molar-refractivity contribution in [1.29, 1.82) is 0 Å². The minimum absolute atomic E-state index is 0.0223. The summed E-state index contributed by atoms with van der Waals surface area (Å²) >= 11 is 1.42. The van der Waals surface area contributed by atoms with Crippen LogP contribution in [0.4, 0.5) is 0 Å². The number of aromatic nitrogens is 3. The first-order chi connectivity index (χ1) is 15.3. The zero-order chi connectivity index (χ0) is 21.0. The van der Waals surface area contributed by atoms with Gasteiger partial charge in [0.25, 0.3) is 0 Å². The smallest absolute Gasteiger partial charge is 0.231 e. The fourth-order valence-electron chi connectivity index (χ4n) is 4.08. The Bertz CT molecular complexity index is 1060. The highest BCUT2D eigenvalue weighted by Crippen LogP contribution is 2.33. The lowest BCUT2D eigenvalue weighted by atomic mass is 10.1. The van der Waals surface area contributed by atoms with Crippen LogP contribution in [-0.4, -0.2) is 46.2 Å². The first-order valence-electron chi connectivity index (χ1n) is 10.7. The van der Waals surface area contributed by atoms with Gasteiger partial charge >= 0.3 is 0 Å². The van der Waals surface area contributed by atoms with Gasteiger partial charge in [0.15, 0.2) is 28.3 Å². The zero-order valence-corrected chi connectivity index (χ0v) is 18.1. The summed E-state index contributed by atoms with van der Waals surface area (Å²) < 4.78 is 12.8. The molecule has 3 aromatic rings. The van der Waals surface area contributed by atoms with Crippen LogP contribution in [0.3, 0.4) is 0 Å². The number of ether oxygens (including phenoxy) is 2. The number of rotatable bonds is 7. The van der Waals surface area contributed by atoms with Gasteiger partial charge in [0.2, 0.25) is 6.79 Å². The molecule has 1 saturated heterocycles. The van der Waals surface area contributed by atoms with Gasteiger partial charge in [-0.05, 0) is 49.6 Å². The Morgan fingerprint density at radius 3 is 2.65 bits per heavy atom. The minimum Gasteiger partial charge on any atom is -0.454 e. The first-order valence-corrected chi connectivity index (χ1v) is 11.7. The Balaban J connectivity index is 1.35. The van der Waals surface area contributed by atoms with Gasteiger partial charge in [-0.15, -0.1) is 10.2 Å². The predicted molar refractivity (Wildman–Crippen MR) is 117 cm³/mol. The van der Waals surface area contributed by atoms with E-state index in [0.29, 0.717) is 17.1 Å². The summed E-state index contributed by atoms with van der Waals surface area (Å²) in [5, 5.41) is 9.70. The van der Waals surface area contributed by atoms with Gasteiger partial charge in [0.05, 0.1) is 18.8 Å². The lowest BCUT2D eigenvalue weighted by molar-refractivity contribution is -0.919. The number of fused-ring (bicyclic) bond motifs is 1. The molecule has 0 saturated carbocycles. The molecule has 0 radical (unpaired) electrons. The van der Waals surface area contributed by atoms with E-state index in [2.05, 4.69) is 26.9 Å². The van der Waals surface area contributed by atoms with E-state index < -0.39 is 0 Å². The SMILES string of the molecule is O=C(CSc1nnc(C[NH+]2CCCCC2)n1-c1ccccc1)c1ccc2c(c1)OCO2. The number of Topliss-reactive ketones (excluding diaryl/α,β-unsaturated/α-hetero) is 1. The maximum Gasteiger partial charge on any atom is 0.231 e. The number of thioether (sulfide) groups is 1. The maximum absolute atomic E-state index is 12.8. The van der Waals surface area contributed by atoms with Crippen molar-refractivity contribution in [2.45, 2.75) is 31.0 Å². The molecule has 31 heavy (non-hydrogen) atoms. The van der Waals surface area contributed by atoms with Crippen LogP contribution in [0.2, 0.25) is 0 Å². The summed E-state index contributed by atoms with van der Waals surface area (Å²) in [6.07, 6.45) is 3.85. The molecule has 0 unspecified atom stereocenters. The lowest BCUT2D eigenvalue weighted by Gasteiger charge is -2.23. The van der Waals surface area contributed by atoms with Gasteiger partial charge in [-0.1, -0.05) is 30.0 Å². The van der Waals surface area contributed by atoms with E-state index in [1.54, 1.807) is 23.1 Å². The number of carbonyl (C=O) groups is 1. The number of ketones is 1. The van der Waals surface area contributed by atoms with Crippen molar-refractivity contribution in [2.75, 3.05) is 25.6 Å². The van der Waals surface area contributed by atoms with Crippen molar-refractivity contribution in [3.8, 4) is 17.2 Å². The summed E-state index contributed by atoms with van der Waals surface area (Å²) in [7, 11) is 0. The van der Waals surface area contributed by atoms with Crippen LogP contribution >= 0.6 is 11.8 Å². The number of benzene rings is 2. The molecule has 5 rings (SSSR count). The van der Waals surface area contributed by atoms with Crippen molar-refractivity contribution in [1.82, 2.24) is 14.8 Å². The van der Waals surface area contributed by atoms with Gasteiger partial charge < -0.3 is 14.4 Å². The van der Waals surface area contributed by atoms with E-state index in [1.807, 2.05) is 18.2 Å². The van der Waals surface area contributed by atoms with E-state index >= 15 is 0 Å². The molecule has 1 aromatic heterocycles. The molecule has 1 fully saturated rings. The molecule has 0 atom stereocenters. The number of piperidine rings is 1. The Kier molecular flexibility index (Phi) is 5.90. The molecule has 160 valence electrons. The van der Waals surface area contributed by atoms with Crippen LogP contribution < -0.4 is 14.4 Å². The second-order valence-corrected chi connectivity index (χ2v) is 8.78. The lowest BCUT2D eigenvalue weighted by Crippen LogP contribution is -3.11. The summed E-state index contributed by atoms with van der Waals surface area (Å²) in [5.41, 5.74) is 1.64. The molecule has 2 aromatic carbocycles. The molecule has 0 spiro atoms. The Labute approximate surface area is 185 Å². The minimum atomic E-state index is 0.0223. The number of hydrogen-bond donors (Lipinski definition) is 1. The monoisotopic (exact) mass is 437 g/mol. The maximum atomic E-state index is 12.8. The van der Waals surface area contributed by atoms with Crippen LogP contribution in [0.5, 0.6) is 11.5 Å². The average Bonchev–Trinajstić information content (AvgIpc) is 3.45. The van der Waals surface area contributed by atoms with Gasteiger partial charge in [-0.25, -0.2) is 0 Å². The van der Waals surface area contributed by atoms with E-state index in [-0.39, 0.29) is 18.3 Å². The second-order valence-electron chi connectivity index (χ2n) is 7.84. The van der Waals surface area contributed by atoms with Crippen LogP contribution in [0.15, 0.2) is 53.7 Å². The summed E-state index contributed by atoms with van der Waals surface area (Å²) in [6, 6.07) is 15.5. The summed E-state index contributed by atoms with van der Waals surface area (Å²) in [5.74, 6) is 2.55. The molecule has 3 heterocycles. The van der Waals surface area contributed by atoms with E-state index in [0.717, 1.165) is 23.2 Å². The number of hydrogen-bond acceptors (Lipinski definition) is 6. The molecule has 7 nitrogen and oxygen atoms in total. The topological polar surface area (TPSA) is 70.7 Å². The standard InChI is InChI=1S/C23H24N4O3S/c28-19(17-9-10-20-21(13-17)30-16-29-20)15-31-23-25-24-22(14-26-11-5-2-6-12-26)27(23)18-7-3-1-4-8-18/h1,3-4,7-10,13H,2,5-6,11-12,14-16H2/p+1. The van der Waals surface area contributed by atoms with Gasteiger partial charge in [-0.2, -0.15) is 0 Å². The third-order valence-electron chi connectivity index (χ3n) is 5.71. The quantitative estimate of drug-likeness (QED) is 0.453. The van der Waals surface area contributed by atoms with Crippen LogP contribution in [0, 0.1) is 0 Å². The molecule has 1 N–H and O–H groups in total. The fraction of sp³-hybridized carbons (Fsp3) is 0.348. The van der Waals surface area contributed by atoms with Gasteiger partial charge in [0.1, 0.15) is 6.54 Å². The largest absolute Gasteiger partial charge is 0.454 e. The van der Waals surface area contributed by atoms with E-state index in [4.69, 9.17) is 9.47 Å². The predicted octanol–water partition coefficient (Wildman–Crippen LogP) is 2.54. The molecule has 2 aliphatic heterocycles. The van der Waals surface area contributed by atoms with Crippen molar-refractivity contribution < 1.29 is 19.2 Å². The molecule has 8 heteroatoms. The second kappa shape index (κ2) is 9.11. The third-order valence-corrected chi connectivity index (χ3v) is 6.64. The van der Waals surface area contributed by atoms with E-state index in [1.165, 1.54) is 44.1 Å². The zero-order valence-electron chi connectivity index (χ0n) is 17.3. The first kappa shape index (κ1) is 20.1. The fourth-order valence-corrected chi connectivity index (χ4v) is 4.95. The van der Waals surface area contributed by atoms with Crippen LogP contribution in [0.1, 0.15) is 35.4 Å². The van der Waals surface area contributed by atoms with Crippen molar-refractivity contribution in [3.63, 3.8) is 0 Å². The van der Waals surface area contributed by atoms with Crippen molar-refractivity contribution in [3.05, 3.63) is 59.9 Å². The van der Waals surface area contributed by atoms with Crippen LogP contribution in [-0.2, 0) is 6.54 Å². The Hall–Kier alpha value is -2.84. The highest BCUT2D eigenvalue weighted by molar-refractivity contribution is 7.99. The third kappa shape index (κ3) is 4.45. The summed E-state index contributed by atoms with van der Waals surface area (Å²) in [6.45, 7) is 3.39. The molecule has 0 bridgehead atoms. The number of quaternary nitrogens is 1. The normalized spacial score (nSPS) is 15.9. The molecule has 0 aliphatic carbocycles. The molecular weight excluding hydrogens is 412 g/mol. The number of nitrogens with zero attached hydrogens (tertiary/aromatic N) is 3. The van der Waals surface area contributed by atoms with Crippen molar-refractivity contribution >= 4 is 17.5 Å². The Morgan fingerprint density at radius 2 is 1.81 bits per heavy atom. The number of para-hydroxylation sites is 1. The average molecular weight is 438 g/mol.